The molecule has 0 radical (unpaired) electrons. The average molecular weight is 471 g/mol. The highest BCUT2D eigenvalue weighted by molar-refractivity contribution is 6.05. The summed E-state index contributed by atoms with van der Waals surface area (Å²) in [5.41, 5.74) is 4.92. The molecule has 1 aliphatic heterocycles. The minimum absolute atomic E-state index is 0.0602. The number of allylic oxidation sites excluding steroid dienone is 4. The number of pyridine rings is 2. The van der Waals surface area contributed by atoms with E-state index < -0.39 is 11.6 Å². The number of carbonyl (C=O) groups is 1. The van der Waals surface area contributed by atoms with Crippen molar-refractivity contribution in [2.45, 2.75) is 20.8 Å². The van der Waals surface area contributed by atoms with E-state index in [1.807, 2.05) is 26.0 Å². The quantitative estimate of drug-likeness (QED) is 0.468. The van der Waals surface area contributed by atoms with E-state index in [2.05, 4.69) is 21.9 Å². The monoisotopic (exact) mass is 470 g/mol. The van der Waals surface area contributed by atoms with Crippen molar-refractivity contribution in [3.63, 3.8) is 0 Å². The van der Waals surface area contributed by atoms with Crippen LogP contribution in [0, 0.1) is 25.5 Å². The zero-order valence-corrected chi connectivity index (χ0v) is 19.6. The lowest BCUT2D eigenvalue weighted by Crippen LogP contribution is -2.19. The molecule has 0 aliphatic carbocycles. The van der Waals surface area contributed by atoms with Crippen molar-refractivity contribution >= 4 is 22.9 Å². The van der Waals surface area contributed by atoms with Crippen molar-refractivity contribution in [3.8, 4) is 0 Å². The third-order valence-corrected chi connectivity index (χ3v) is 5.66. The Kier molecular flexibility index (Phi) is 6.68. The van der Waals surface area contributed by atoms with Gasteiger partial charge in [-0.1, -0.05) is 24.8 Å². The molecule has 2 aromatic heterocycles. The zero-order valence-electron chi connectivity index (χ0n) is 19.6. The maximum atomic E-state index is 14.5. The van der Waals surface area contributed by atoms with Crippen molar-refractivity contribution in [1.82, 2.24) is 14.9 Å². The van der Waals surface area contributed by atoms with Gasteiger partial charge in [0.25, 0.3) is 5.91 Å². The Hall–Kier alpha value is -4.39. The van der Waals surface area contributed by atoms with Gasteiger partial charge in [-0.3, -0.25) is 14.8 Å². The van der Waals surface area contributed by atoms with E-state index in [1.165, 1.54) is 12.1 Å². The Labute approximate surface area is 202 Å². The molecule has 0 spiro atoms. The summed E-state index contributed by atoms with van der Waals surface area (Å²) < 4.78 is 28.3. The molecule has 1 amide bonds. The second kappa shape index (κ2) is 9.85. The number of nitrogens with zero attached hydrogens (tertiary/aromatic N) is 3. The van der Waals surface area contributed by atoms with E-state index in [9.17, 15) is 13.6 Å². The summed E-state index contributed by atoms with van der Waals surface area (Å²) in [7, 11) is 0. The Balaban J connectivity index is 1.66. The maximum absolute atomic E-state index is 14.5. The average Bonchev–Trinajstić information content (AvgIpc) is 2.85. The molecule has 0 saturated heterocycles. The third-order valence-electron chi connectivity index (χ3n) is 5.66. The number of nitrogens with one attached hydrogen (secondary N) is 1. The van der Waals surface area contributed by atoms with Crippen LogP contribution < -0.4 is 5.32 Å². The van der Waals surface area contributed by atoms with Crippen molar-refractivity contribution < 1.29 is 13.6 Å². The van der Waals surface area contributed by atoms with Crippen LogP contribution in [0.25, 0.3) is 11.3 Å². The molecule has 0 fully saturated rings. The second-order valence-electron chi connectivity index (χ2n) is 8.01. The largest absolute Gasteiger partial charge is 0.322 e. The van der Waals surface area contributed by atoms with Gasteiger partial charge < -0.3 is 10.2 Å². The van der Waals surface area contributed by atoms with Gasteiger partial charge in [0.15, 0.2) is 11.6 Å². The first kappa shape index (κ1) is 23.8. The van der Waals surface area contributed by atoms with Crippen molar-refractivity contribution in [2.75, 3.05) is 5.32 Å². The summed E-state index contributed by atoms with van der Waals surface area (Å²) in [4.78, 5) is 23.3. The van der Waals surface area contributed by atoms with E-state index >= 15 is 0 Å². The van der Waals surface area contributed by atoms with Gasteiger partial charge >= 0.3 is 0 Å². The highest BCUT2D eigenvalue weighted by Crippen LogP contribution is 2.35. The molecule has 0 unspecified atom stereocenters. The van der Waals surface area contributed by atoms with Crippen LogP contribution in [0.15, 0.2) is 85.5 Å². The lowest BCUT2D eigenvalue weighted by atomic mass is 9.97. The highest BCUT2D eigenvalue weighted by atomic mass is 19.2. The fraction of sp³-hybridized carbons (Fsp3) is 0.107. The fourth-order valence-electron chi connectivity index (χ4n) is 3.88. The number of carbonyl (C=O) groups excluding carboxylic acids is 1. The molecule has 5 nitrogen and oxygen atoms in total. The summed E-state index contributed by atoms with van der Waals surface area (Å²) in [6, 6.07) is 9.26. The molecule has 176 valence electrons. The molecule has 0 saturated carbocycles. The number of anilines is 1. The van der Waals surface area contributed by atoms with Crippen LogP contribution in [-0.4, -0.2) is 20.8 Å². The first-order valence-corrected chi connectivity index (χ1v) is 11.0. The molecule has 1 N–H and O–H groups in total. The number of hydrogen-bond donors (Lipinski definition) is 1. The van der Waals surface area contributed by atoms with Crippen molar-refractivity contribution in [2.24, 2.45) is 0 Å². The van der Waals surface area contributed by atoms with E-state index in [-0.39, 0.29) is 17.2 Å². The molecule has 0 bridgehead atoms. The predicted molar refractivity (Wildman–Crippen MR) is 134 cm³/mol. The van der Waals surface area contributed by atoms with E-state index in [4.69, 9.17) is 0 Å². The molecule has 35 heavy (non-hydrogen) atoms. The normalized spacial score (nSPS) is 14.1. The molecule has 1 aromatic carbocycles. The number of halogens is 2. The Morgan fingerprint density at radius 3 is 2.66 bits per heavy atom. The first-order chi connectivity index (χ1) is 16.8. The van der Waals surface area contributed by atoms with Crippen molar-refractivity contribution in [1.29, 1.82) is 0 Å². The molecular weight excluding hydrogens is 446 g/mol. The summed E-state index contributed by atoms with van der Waals surface area (Å²) in [5.74, 6) is -2.19. The van der Waals surface area contributed by atoms with E-state index in [1.54, 1.807) is 54.7 Å². The molecule has 1 aliphatic rings. The lowest BCUT2D eigenvalue weighted by Gasteiger charge is -2.30. The summed E-state index contributed by atoms with van der Waals surface area (Å²) in [6.45, 7) is 9.46. The Morgan fingerprint density at radius 2 is 1.91 bits per heavy atom. The van der Waals surface area contributed by atoms with Gasteiger partial charge in [0, 0.05) is 58.1 Å². The molecule has 3 heterocycles. The number of aryl methyl sites for hydroxylation is 2. The third kappa shape index (κ3) is 4.80. The molecule has 0 atom stereocenters. The van der Waals surface area contributed by atoms with Gasteiger partial charge in [0.2, 0.25) is 0 Å². The van der Waals surface area contributed by atoms with Gasteiger partial charge in [-0.25, -0.2) is 8.78 Å². The first-order valence-electron chi connectivity index (χ1n) is 11.0. The number of rotatable bonds is 5. The SMILES string of the molecule is C=C(c1cccc(F)c1F)N1C=CC=C(c2cnc(C)c(C(=O)Nc3ccnc(C)c3)c2)/C1=C/C. The number of aromatic nitrogens is 2. The minimum atomic E-state index is -0.959. The van der Waals surface area contributed by atoms with Crippen LogP contribution in [0.1, 0.15) is 39.8 Å². The van der Waals surface area contributed by atoms with Gasteiger partial charge in [0.05, 0.1) is 11.3 Å². The van der Waals surface area contributed by atoms with Crippen LogP contribution in [0.5, 0.6) is 0 Å². The zero-order chi connectivity index (χ0) is 25.1. The Morgan fingerprint density at radius 1 is 1.11 bits per heavy atom. The van der Waals surface area contributed by atoms with Crippen LogP contribution in [0.3, 0.4) is 0 Å². The standard InChI is InChI=1S/C28H24F2N4O/c1-5-26-23(9-7-13-34(26)19(4)22-8-6-10-25(29)27(22)30)20-15-24(18(3)32-16-20)28(35)33-21-11-12-31-17(2)14-21/h5-16H,4H2,1-3H3,(H,31,33,35)/b26-5-. The van der Waals surface area contributed by atoms with Crippen LogP contribution in [-0.2, 0) is 0 Å². The molecular formula is C28H24F2N4O. The summed E-state index contributed by atoms with van der Waals surface area (Å²) in [6.07, 6.45) is 10.5. The lowest BCUT2D eigenvalue weighted by molar-refractivity contribution is 0.102. The van der Waals surface area contributed by atoms with Gasteiger partial charge in [-0.2, -0.15) is 0 Å². The van der Waals surface area contributed by atoms with Gasteiger partial charge in [-0.15, -0.1) is 0 Å². The Bertz CT molecular complexity index is 1420. The number of hydrogen-bond acceptors (Lipinski definition) is 4. The van der Waals surface area contributed by atoms with E-state index in [0.717, 1.165) is 17.3 Å². The minimum Gasteiger partial charge on any atom is -0.322 e. The fourth-order valence-corrected chi connectivity index (χ4v) is 3.88. The topological polar surface area (TPSA) is 58.1 Å². The molecule has 3 aromatic rings. The summed E-state index contributed by atoms with van der Waals surface area (Å²) in [5, 5.41) is 2.89. The van der Waals surface area contributed by atoms with Gasteiger partial charge in [-0.05, 0) is 57.2 Å². The van der Waals surface area contributed by atoms with E-state index in [0.29, 0.717) is 28.2 Å². The maximum Gasteiger partial charge on any atom is 0.257 e. The molecule has 7 heteroatoms. The molecule has 4 rings (SSSR count). The second-order valence-corrected chi connectivity index (χ2v) is 8.01. The predicted octanol–water partition coefficient (Wildman–Crippen LogP) is 6.41. The highest BCUT2D eigenvalue weighted by Gasteiger charge is 2.23. The van der Waals surface area contributed by atoms with Crippen LogP contribution in [0.2, 0.25) is 0 Å². The summed E-state index contributed by atoms with van der Waals surface area (Å²) >= 11 is 0. The van der Waals surface area contributed by atoms with Gasteiger partial charge in [0.1, 0.15) is 0 Å². The number of amides is 1. The smallest absolute Gasteiger partial charge is 0.257 e. The number of benzene rings is 1. The van der Waals surface area contributed by atoms with Crippen molar-refractivity contribution in [3.05, 3.63) is 125 Å². The van der Waals surface area contributed by atoms with Crippen LogP contribution in [0.4, 0.5) is 14.5 Å². The van der Waals surface area contributed by atoms with Crippen LogP contribution >= 0.6 is 0 Å².